The van der Waals surface area contributed by atoms with Crippen molar-refractivity contribution in [3.8, 4) is 0 Å². The zero-order valence-electron chi connectivity index (χ0n) is 7.88. The second-order valence-electron chi connectivity index (χ2n) is 3.50. The van der Waals surface area contributed by atoms with Gasteiger partial charge in [0, 0.05) is 0 Å². The quantitative estimate of drug-likeness (QED) is 0.552. The first kappa shape index (κ1) is 9.52. The number of ether oxygens (including phenoxy) is 1. The fraction of sp³-hybridized carbons (Fsp3) is 0.889. The average Bonchev–Trinajstić information content (AvgIpc) is 1.96. The normalized spacial score (nSPS) is 26.2. The summed E-state index contributed by atoms with van der Waals surface area (Å²) in [5.41, 5.74) is 0. The maximum atomic E-state index is 11.3. The molecule has 1 fully saturated rings. The summed E-state index contributed by atoms with van der Waals surface area (Å²) >= 11 is 0. The van der Waals surface area contributed by atoms with E-state index in [1.807, 2.05) is 19.0 Å². The molecule has 0 aromatic carbocycles. The van der Waals surface area contributed by atoms with Crippen molar-refractivity contribution in [1.29, 1.82) is 0 Å². The van der Waals surface area contributed by atoms with Gasteiger partial charge in [0.2, 0.25) is 0 Å². The Morgan fingerprint density at radius 3 is 2.75 bits per heavy atom. The van der Waals surface area contributed by atoms with E-state index in [1.165, 1.54) is 6.42 Å². The smallest absolute Gasteiger partial charge is 0.323 e. The number of likely N-dealkylation sites (N-methyl/N-ethyl adjacent to an activating group) is 1. The van der Waals surface area contributed by atoms with Gasteiger partial charge in [-0.25, -0.2) is 0 Å². The molecule has 1 unspecified atom stereocenters. The summed E-state index contributed by atoms with van der Waals surface area (Å²) in [7, 11) is 3.85. The van der Waals surface area contributed by atoms with E-state index < -0.39 is 0 Å². The average molecular weight is 171 g/mol. The third kappa shape index (κ3) is 2.48. The number of nitrogens with zero attached hydrogens (tertiary/aromatic N) is 1. The van der Waals surface area contributed by atoms with Crippen LogP contribution in [-0.2, 0) is 9.53 Å². The molecule has 1 aliphatic rings. The second-order valence-corrected chi connectivity index (χ2v) is 3.50. The molecule has 0 radical (unpaired) electrons. The molecule has 3 nitrogen and oxygen atoms in total. The summed E-state index contributed by atoms with van der Waals surface area (Å²) in [5.74, 6) is -0.0558. The summed E-state index contributed by atoms with van der Waals surface area (Å²) in [6, 6.07) is -0.0229. The van der Waals surface area contributed by atoms with Crippen LogP contribution in [0, 0.1) is 0 Å². The van der Waals surface area contributed by atoms with Crippen LogP contribution in [0.2, 0.25) is 0 Å². The molecular weight excluding hydrogens is 154 g/mol. The third-order valence-electron chi connectivity index (χ3n) is 2.26. The first-order valence-electron chi connectivity index (χ1n) is 4.55. The predicted molar refractivity (Wildman–Crippen MR) is 46.9 cm³/mol. The van der Waals surface area contributed by atoms with E-state index in [0.29, 0.717) is 6.61 Å². The van der Waals surface area contributed by atoms with Crippen molar-refractivity contribution in [3.63, 3.8) is 0 Å². The van der Waals surface area contributed by atoms with Gasteiger partial charge in [0.15, 0.2) is 0 Å². The van der Waals surface area contributed by atoms with Crippen molar-refractivity contribution in [1.82, 2.24) is 4.90 Å². The Hall–Kier alpha value is -0.570. The highest BCUT2D eigenvalue weighted by molar-refractivity contribution is 5.75. The Morgan fingerprint density at radius 2 is 2.08 bits per heavy atom. The van der Waals surface area contributed by atoms with Crippen LogP contribution in [0.25, 0.3) is 0 Å². The number of carbonyl (C=O) groups excluding carboxylic acids is 1. The van der Waals surface area contributed by atoms with Gasteiger partial charge in [0.1, 0.15) is 6.04 Å². The lowest BCUT2D eigenvalue weighted by Gasteiger charge is -2.24. The van der Waals surface area contributed by atoms with Crippen molar-refractivity contribution < 1.29 is 9.53 Å². The van der Waals surface area contributed by atoms with Crippen molar-refractivity contribution in [2.45, 2.75) is 31.7 Å². The molecule has 1 saturated heterocycles. The Kier molecular flexibility index (Phi) is 3.53. The lowest BCUT2D eigenvalue weighted by molar-refractivity contribution is -0.150. The number of hydrogen-bond donors (Lipinski definition) is 0. The van der Waals surface area contributed by atoms with E-state index in [-0.39, 0.29) is 12.0 Å². The predicted octanol–water partition coefficient (Wildman–Crippen LogP) is 1.03. The molecule has 0 N–H and O–H groups in total. The highest BCUT2D eigenvalue weighted by Gasteiger charge is 2.22. The molecular formula is C9H17NO2. The van der Waals surface area contributed by atoms with Crippen molar-refractivity contribution >= 4 is 5.97 Å². The van der Waals surface area contributed by atoms with Gasteiger partial charge in [0.05, 0.1) is 6.61 Å². The maximum Gasteiger partial charge on any atom is 0.323 e. The number of cyclic esters (lactones) is 1. The van der Waals surface area contributed by atoms with Gasteiger partial charge in [-0.1, -0.05) is 6.42 Å². The van der Waals surface area contributed by atoms with Crippen LogP contribution in [0.3, 0.4) is 0 Å². The van der Waals surface area contributed by atoms with Crippen LogP contribution in [0.5, 0.6) is 0 Å². The molecule has 1 rings (SSSR count). The Morgan fingerprint density at radius 1 is 1.33 bits per heavy atom. The number of rotatable bonds is 1. The molecule has 1 aliphatic heterocycles. The summed E-state index contributed by atoms with van der Waals surface area (Å²) in [6.45, 7) is 0.600. The lowest BCUT2D eigenvalue weighted by atomic mass is 10.1. The molecule has 0 bridgehead atoms. The Bertz CT molecular complexity index is 157. The van der Waals surface area contributed by atoms with Crippen molar-refractivity contribution in [2.24, 2.45) is 0 Å². The molecule has 0 saturated carbocycles. The zero-order chi connectivity index (χ0) is 8.97. The van der Waals surface area contributed by atoms with Crippen LogP contribution in [-0.4, -0.2) is 37.6 Å². The van der Waals surface area contributed by atoms with Gasteiger partial charge < -0.3 is 4.74 Å². The molecule has 1 atom stereocenters. The zero-order valence-corrected chi connectivity index (χ0v) is 7.88. The molecule has 12 heavy (non-hydrogen) atoms. The molecule has 70 valence electrons. The molecule has 0 aromatic rings. The number of hydrogen-bond acceptors (Lipinski definition) is 3. The van der Waals surface area contributed by atoms with Gasteiger partial charge in [-0.15, -0.1) is 0 Å². The standard InChI is InChI=1S/C9H17NO2/c1-10(2)8-6-4-3-5-7-12-9(8)11/h8H,3-7H2,1-2H3. The summed E-state index contributed by atoms with van der Waals surface area (Å²) in [5, 5.41) is 0. The third-order valence-corrected chi connectivity index (χ3v) is 2.26. The second kappa shape index (κ2) is 4.45. The minimum atomic E-state index is -0.0558. The van der Waals surface area contributed by atoms with Crippen LogP contribution in [0.15, 0.2) is 0 Å². The highest BCUT2D eigenvalue weighted by Crippen LogP contribution is 2.12. The summed E-state index contributed by atoms with van der Waals surface area (Å²) in [4.78, 5) is 13.3. The first-order chi connectivity index (χ1) is 5.72. The Balaban J connectivity index is 2.49. The number of esters is 1. The minimum Gasteiger partial charge on any atom is -0.465 e. The molecule has 0 aliphatic carbocycles. The van der Waals surface area contributed by atoms with Crippen LogP contribution < -0.4 is 0 Å². The van der Waals surface area contributed by atoms with E-state index >= 15 is 0 Å². The monoisotopic (exact) mass is 171 g/mol. The van der Waals surface area contributed by atoms with Gasteiger partial charge >= 0.3 is 5.97 Å². The first-order valence-corrected chi connectivity index (χ1v) is 4.55. The van der Waals surface area contributed by atoms with Gasteiger partial charge in [-0.05, 0) is 33.4 Å². The van der Waals surface area contributed by atoms with E-state index in [0.717, 1.165) is 19.3 Å². The summed E-state index contributed by atoms with van der Waals surface area (Å²) < 4.78 is 5.08. The molecule has 1 heterocycles. The minimum absolute atomic E-state index is 0.0229. The van der Waals surface area contributed by atoms with Gasteiger partial charge in [0.25, 0.3) is 0 Å². The number of carbonyl (C=O) groups is 1. The Labute approximate surface area is 73.7 Å². The largest absolute Gasteiger partial charge is 0.465 e. The van der Waals surface area contributed by atoms with E-state index in [2.05, 4.69) is 0 Å². The maximum absolute atomic E-state index is 11.3. The van der Waals surface area contributed by atoms with E-state index in [1.54, 1.807) is 0 Å². The fourth-order valence-corrected chi connectivity index (χ4v) is 1.47. The van der Waals surface area contributed by atoms with Gasteiger partial charge in [-0.2, -0.15) is 0 Å². The molecule has 0 spiro atoms. The topological polar surface area (TPSA) is 29.5 Å². The van der Waals surface area contributed by atoms with E-state index in [9.17, 15) is 4.79 Å². The highest BCUT2D eigenvalue weighted by atomic mass is 16.5. The van der Waals surface area contributed by atoms with Crippen molar-refractivity contribution in [3.05, 3.63) is 0 Å². The SMILES string of the molecule is CN(C)C1CCCCCOC1=O. The molecule has 0 amide bonds. The van der Waals surface area contributed by atoms with Crippen LogP contribution in [0.1, 0.15) is 25.7 Å². The van der Waals surface area contributed by atoms with Crippen molar-refractivity contribution in [2.75, 3.05) is 20.7 Å². The van der Waals surface area contributed by atoms with E-state index in [4.69, 9.17) is 4.74 Å². The van der Waals surface area contributed by atoms with Crippen LogP contribution >= 0.6 is 0 Å². The molecule has 3 heteroatoms. The van der Waals surface area contributed by atoms with Gasteiger partial charge in [-0.3, -0.25) is 9.69 Å². The van der Waals surface area contributed by atoms with Crippen LogP contribution in [0.4, 0.5) is 0 Å². The molecule has 0 aromatic heterocycles. The summed E-state index contributed by atoms with van der Waals surface area (Å²) in [6.07, 6.45) is 4.27. The fourth-order valence-electron chi connectivity index (χ4n) is 1.47. The lowest BCUT2D eigenvalue weighted by Crippen LogP contribution is -2.38.